The number of methoxy groups -OCH3 is 1. The van der Waals surface area contributed by atoms with Gasteiger partial charge in [0.2, 0.25) is 0 Å². The van der Waals surface area contributed by atoms with Gasteiger partial charge in [-0.05, 0) is 49.4 Å². The summed E-state index contributed by atoms with van der Waals surface area (Å²) in [7, 11) is 1.46. The molecule has 3 heteroatoms. The van der Waals surface area contributed by atoms with Crippen molar-refractivity contribution >= 4 is 5.97 Å². The van der Waals surface area contributed by atoms with E-state index in [0.29, 0.717) is 5.92 Å². The van der Waals surface area contributed by atoms with Crippen LogP contribution in [0.15, 0.2) is 24.3 Å². The third kappa shape index (κ3) is 3.35. The van der Waals surface area contributed by atoms with Crippen LogP contribution < -0.4 is 5.32 Å². The molecule has 0 bridgehead atoms. The highest BCUT2D eigenvalue weighted by Crippen LogP contribution is 2.29. The summed E-state index contributed by atoms with van der Waals surface area (Å²) in [5, 5.41) is 3.39. The van der Waals surface area contributed by atoms with E-state index < -0.39 is 0 Å². The number of rotatable bonds is 4. The molecule has 1 aromatic rings. The number of benzene rings is 1. The van der Waals surface area contributed by atoms with E-state index in [1.54, 1.807) is 0 Å². The monoisotopic (exact) mass is 261 g/mol. The number of esters is 1. The van der Waals surface area contributed by atoms with Gasteiger partial charge < -0.3 is 10.1 Å². The van der Waals surface area contributed by atoms with Gasteiger partial charge in [0, 0.05) is 0 Å². The van der Waals surface area contributed by atoms with E-state index in [4.69, 9.17) is 4.74 Å². The number of ether oxygens (including phenoxy) is 1. The highest BCUT2D eigenvalue weighted by molar-refractivity contribution is 5.78. The highest BCUT2D eigenvalue weighted by atomic mass is 16.5. The van der Waals surface area contributed by atoms with Crippen molar-refractivity contribution in [1.29, 1.82) is 0 Å². The van der Waals surface area contributed by atoms with Crippen molar-refractivity contribution in [2.45, 2.75) is 38.0 Å². The first kappa shape index (κ1) is 14.1. The van der Waals surface area contributed by atoms with E-state index >= 15 is 0 Å². The minimum Gasteiger partial charge on any atom is -0.469 e. The minimum absolute atomic E-state index is 0.133. The summed E-state index contributed by atoms with van der Waals surface area (Å²) < 4.78 is 4.89. The molecule has 1 saturated heterocycles. The van der Waals surface area contributed by atoms with Gasteiger partial charge >= 0.3 is 5.97 Å². The second kappa shape index (κ2) is 6.71. The van der Waals surface area contributed by atoms with Crippen molar-refractivity contribution in [2.75, 3.05) is 20.2 Å². The maximum Gasteiger partial charge on any atom is 0.313 e. The lowest BCUT2D eigenvalue weighted by atomic mass is 9.87. The Morgan fingerprint density at radius 2 is 2.16 bits per heavy atom. The molecule has 0 spiro atoms. The molecule has 1 unspecified atom stereocenters. The van der Waals surface area contributed by atoms with Gasteiger partial charge in [-0.1, -0.05) is 31.2 Å². The zero-order chi connectivity index (χ0) is 13.7. The van der Waals surface area contributed by atoms with Crippen molar-refractivity contribution < 1.29 is 9.53 Å². The Balaban J connectivity index is 2.19. The second-order valence-corrected chi connectivity index (χ2v) is 5.18. The quantitative estimate of drug-likeness (QED) is 0.847. The zero-order valence-corrected chi connectivity index (χ0v) is 11.8. The normalized spacial score (nSPS) is 18.0. The predicted molar refractivity (Wildman–Crippen MR) is 76.3 cm³/mol. The summed E-state index contributed by atoms with van der Waals surface area (Å²) >= 11 is 0. The van der Waals surface area contributed by atoms with Crippen LogP contribution in [0.2, 0.25) is 0 Å². The SMILES string of the molecule is CCC(C(=O)OC)c1cccc(C2CCNCC2)c1. The lowest BCUT2D eigenvalue weighted by Crippen LogP contribution is -2.26. The van der Waals surface area contributed by atoms with E-state index in [0.717, 1.165) is 25.1 Å². The van der Waals surface area contributed by atoms with E-state index in [9.17, 15) is 4.79 Å². The zero-order valence-electron chi connectivity index (χ0n) is 11.8. The van der Waals surface area contributed by atoms with Crippen LogP contribution in [0, 0.1) is 0 Å². The summed E-state index contributed by atoms with van der Waals surface area (Å²) in [6.07, 6.45) is 3.14. The average molecular weight is 261 g/mol. The van der Waals surface area contributed by atoms with Crippen LogP contribution in [0.3, 0.4) is 0 Å². The molecule has 1 N–H and O–H groups in total. The van der Waals surface area contributed by atoms with Gasteiger partial charge in [-0.2, -0.15) is 0 Å². The fourth-order valence-corrected chi connectivity index (χ4v) is 2.87. The summed E-state index contributed by atoms with van der Waals surface area (Å²) in [5.41, 5.74) is 2.45. The maximum absolute atomic E-state index is 11.8. The van der Waals surface area contributed by atoms with Crippen LogP contribution in [-0.4, -0.2) is 26.2 Å². The van der Waals surface area contributed by atoms with Crippen LogP contribution in [0.25, 0.3) is 0 Å². The number of carbonyl (C=O) groups excluding carboxylic acids is 1. The molecule has 19 heavy (non-hydrogen) atoms. The molecular formula is C16H23NO2. The van der Waals surface area contributed by atoms with Crippen LogP contribution in [0.4, 0.5) is 0 Å². The molecule has 0 amide bonds. The molecule has 0 saturated carbocycles. The smallest absolute Gasteiger partial charge is 0.313 e. The van der Waals surface area contributed by atoms with Crippen molar-refractivity contribution in [3.63, 3.8) is 0 Å². The Hall–Kier alpha value is -1.35. The Bertz CT molecular complexity index is 425. The largest absolute Gasteiger partial charge is 0.469 e. The van der Waals surface area contributed by atoms with Crippen LogP contribution in [0.5, 0.6) is 0 Å². The lowest BCUT2D eigenvalue weighted by molar-refractivity contribution is -0.142. The van der Waals surface area contributed by atoms with Crippen LogP contribution >= 0.6 is 0 Å². The Morgan fingerprint density at radius 1 is 1.42 bits per heavy atom. The molecule has 0 aliphatic carbocycles. The number of carbonyl (C=O) groups is 1. The molecule has 2 rings (SSSR count). The molecule has 3 nitrogen and oxygen atoms in total. The van der Waals surface area contributed by atoms with Gasteiger partial charge in [0.05, 0.1) is 13.0 Å². The van der Waals surface area contributed by atoms with Crippen LogP contribution in [-0.2, 0) is 9.53 Å². The Labute approximate surface area is 115 Å². The van der Waals surface area contributed by atoms with Crippen LogP contribution in [0.1, 0.15) is 49.1 Å². The van der Waals surface area contributed by atoms with E-state index in [1.807, 2.05) is 13.0 Å². The van der Waals surface area contributed by atoms with Crippen molar-refractivity contribution in [3.05, 3.63) is 35.4 Å². The fraction of sp³-hybridized carbons (Fsp3) is 0.562. The molecule has 1 atom stereocenters. The first-order valence-electron chi connectivity index (χ1n) is 7.14. The summed E-state index contributed by atoms with van der Waals surface area (Å²) in [6.45, 7) is 4.20. The van der Waals surface area contributed by atoms with Gasteiger partial charge in [-0.3, -0.25) is 4.79 Å². The topological polar surface area (TPSA) is 38.3 Å². The highest BCUT2D eigenvalue weighted by Gasteiger charge is 2.21. The summed E-state index contributed by atoms with van der Waals surface area (Å²) in [4.78, 5) is 11.8. The Morgan fingerprint density at radius 3 is 2.79 bits per heavy atom. The number of hydrogen-bond donors (Lipinski definition) is 1. The average Bonchev–Trinajstić information content (AvgIpc) is 2.49. The first-order valence-corrected chi connectivity index (χ1v) is 7.14. The van der Waals surface area contributed by atoms with Gasteiger partial charge in [0.25, 0.3) is 0 Å². The molecule has 0 aromatic heterocycles. The first-order chi connectivity index (χ1) is 9.26. The molecule has 1 aliphatic rings. The second-order valence-electron chi connectivity index (χ2n) is 5.18. The van der Waals surface area contributed by atoms with Gasteiger partial charge in [0.1, 0.15) is 0 Å². The molecule has 1 aromatic carbocycles. The van der Waals surface area contributed by atoms with Crippen molar-refractivity contribution in [2.24, 2.45) is 0 Å². The minimum atomic E-state index is -0.134. The van der Waals surface area contributed by atoms with Crippen molar-refractivity contribution in [1.82, 2.24) is 5.32 Å². The number of hydrogen-bond acceptors (Lipinski definition) is 3. The molecular weight excluding hydrogens is 238 g/mol. The predicted octanol–water partition coefficient (Wildman–Crippen LogP) is 2.82. The number of nitrogens with one attached hydrogen (secondary N) is 1. The molecule has 1 aliphatic heterocycles. The van der Waals surface area contributed by atoms with Gasteiger partial charge in [-0.25, -0.2) is 0 Å². The number of piperidine rings is 1. The molecule has 1 heterocycles. The van der Waals surface area contributed by atoms with Gasteiger partial charge in [-0.15, -0.1) is 0 Å². The van der Waals surface area contributed by atoms with Gasteiger partial charge in [0.15, 0.2) is 0 Å². The van der Waals surface area contributed by atoms with E-state index in [1.165, 1.54) is 25.5 Å². The maximum atomic E-state index is 11.8. The molecule has 104 valence electrons. The van der Waals surface area contributed by atoms with Crippen molar-refractivity contribution in [3.8, 4) is 0 Å². The standard InChI is InChI=1S/C16H23NO2/c1-3-15(16(18)19-2)14-6-4-5-13(11-14)12-7-9-17-10-8-12/h4-6,11-12,15,17H,3,7-10H2,1-2H3. The lowest BCUT2D eigenvalue weighted by Gasteiger charge is -2.24. The fourth-order valence-electron chi connectivity index (χ4n) is 2.87. The van der Waals surface area contributed by atoms with E-state index in [-0.39, 0.29) is 11.9 Å². The Kier molecular flexibility index (Phi) is 4.97. The summed E-state index contributed by atoms with van der Waals surface area (Å²) in [5.74, 6) is 0.355. The summed E-state index contributed by atoms with van der Waals surface area (Å²) in [6, 6.07) is 8.48. The third-order valence-corrected chi connectivity index (χ3v) is 4.02. The molecule has 0 radical (unpaired) electrons. The third-order valence-electron chi connectivity index (χ3n) is 4.02. The molecule has 1 fully saturated rings. The van der Waals surface area contributed by atoms with E-state index in [2.05, 4.69) is 23.5 Å².